The summed E-state index contributed by atoms with van der Waals surface area (Å²) >= 11 is 12.4. The quantitative estimate of drug-likeness (QED) is 0.851. The number of rotatable bonds is 3. The summed E-state index contributed by atoms with van der Waals surface area (Å²) in [7, 11) is 1.27. The van der Waals surface area contributed by atoms with Crippen molar-refractivity contribution in [2.45, 2.75) is 18.8 Å². The second kappa shape index (κ2) is 5.58. The normalized spacial score (nSPS) is 19.4. The van der Waals surface area contributed by atoms with E-state index in [1.165, 1.54) is 13.2 Å². The van der Waals surface area contributed by atoms with Gasteiger partial charge in [-0.3, -0.25) is 4.79 Å². The molecule has 1 unspecified atom stereocenters. The number of carbonyl (C=O) groups is 2. The van der Waals surface area contributed by atoms with E-state index in [-0.39, 0.29) is 18.1 Å². The van der Waals surface area contributed by atoms with Crippen molar-refractivity contribution in [2.24, 2.45) is 0 Å². The first kappa shape index (κ1) is 15.9. The van der Waals surface area contributed by atoms with Crippen molar-refractivity contribution in [2.75, 3.05) is 12.4 Å². The van der Waals surface area contributed by atoms with Crippen LogP contribution in [0.5, 0.6) is 0 Å². The van der Waals surface area contributed by atoms with Gasteiger partial charge in [0.2, 0.25) is 11.7 Å². The van der Waals surface area contributed by atoms with E-state index in [0.29, 0.717) is 27.1 Å². The number of nitrogens with one attached hydrogen (secondary N) is 1. The highest BCUT2D eigenvalue weighted by Crippen LogP contribution is 2.47. The predicted molar refractivity (Wildman–Crippen MR) is 86.2 cm³/mol. The van der Waals surface area contributed by atoms with Crippen LogP contribution in [0.3, 0.4) is 0 Å². The van der Waals surface area contributed by atoms with Crippen molar-refractivity contribution in [1.82, 2.24) is 0 Å². The molecule has 1 N–H and O–H groups in total. The molecule has 1 aliphatic rings. The third-order valence-electron chi connectivity index (χ3n) is 3.97. The first-order valence-electron chi connectivity index (χ1n) is 6.84. The summed E-state index contributed by atoms with van der Waals surface area (Å²) in [5.74, 6) is -0.230. The Bertz CT molecular complexity index is 814. The highest BCUT2D eigenvalue weighted by Gasteiger charge is 2.46. The first-order chi connectivity index (χ1) is 10.9. The number of ether oxygens (including phenoxy) is 1. The molecule has 0 fully saturated rings. The van der Waals surface area contributed by atoms with Crippen molar-refractivity contribution >= 4 is 40.8 Å². The van der Waals surface area contributed by atoms with Gasteiger partial charge in [-0.1, -0.05) is 23.2 Å². The van der Waals surface area contributed by atoms with Crippen LogP contribution in [0.2, 0.25) is 10.0 Å². The minimum Gasteiger partial charge on any atom is -0.463 e. The Morgan fingerprint density at radius 3 is 2.65 bits per heavy atom. The highest BCUT2D eigenvalue weighted by molar-refractivity contribution is 6.38. The molecule has 0 aliphatic carbocycles. The number of fused-ring (bicyclic) bond motifs is 1. The van der Waals surface area contributed by atoms with E-state index in [9.17, 15) is 9.59 Å². The Kier molecular flexibility index (Phi) is 3.86. The van der Waals surface area contributed by atoms with Gasteiger partial charge in [-0.05, 0) is 31.2 Å². The molecule has 0 bridgehead atoms. The van der Waals surface area contributed by atoms with Gasteiger partial charge in [0.05, 0.1) is 23.2 Å². The highest BCUT2D eigenvalue weighted by atomic mass is 35.5. The molecular formula is C16H13Cl2NO4. The molecule has 2 heterocycles. The molecule has 23 heavy (non-hydrogen) atoms. The fraction of sp³-hybridized carbons (Fsp3) is 0.250. The molecule has 7 heteroatoms. The van der Waals surface area contributed by atoms with Crippen molar-refractivity contribution in [3.8, 4) is 0 Å². The number of carbonyl (C=O) groups excluding carboxylic acids is 2. The van der Waals surface area contributed by atoms with Gasteiger partial charge in [-0.2, -0.15) is 0 Å². The number of hydrogen-bond acceptors (Lipinski definition) is 4. The van der Waals surface area contributed by atoms with Crippen molar-refractivity contribution in [1.29, 1.82) is 0 Å². The average Bonchev–Trinajstić information content (AvgIpc) is 3.07. The van der Waals surface area contributed by atoms with E-state index >= 15 is 0 Å². The van der Waals surface area contributed by atoms with Crippen LogP contribution >= 0.6 is 23.2 Å². The van der Waals surface area contributed by atoms with Crippen LogP contribution in [0, 0.1) is 0 Å². The maximum atomic E-state index is 12.5. The van der Waals surface area contributed by atoms with Crippen molar-refractivity contribution < 1.29 is 18.7 Å². The van der Waals surface area contributed by atoms with Crippen LogP contribution in [0.15, 0.2) is 28.7 Å². The summed E-state index contributed by atoms with van der Waals surface area (Å²) in [6, 6.07) is 6.44. The number of furan rings is 1. The molecule has 0 radical (unpaired) electrons. The molecule has 3 rings (SSSR count). The third-order valence-corrected chi connectivity index (χ3v) is 4.60. The van der Waals surface area contributed by atoms with Crippen LogP contribution in [0.1, 0.15) is 28.8 Å². The molecule has 1 aliphatic heterocycles. The van der Waals surface area contributed by atoms with E-state index in [0.717, 1.165) is 0 Å². The van der Waals surface area contributed by atoms with Gasteiger partial charge in [0.15, 0.2) is 0 Å². The molecule has 2 aromatic rings. The van der Waals surface area contributed by atoms with Crippen LogP contribution < -0.4 is 5.32 Å². The average molecular weight is 354 g/mol. The molecule has 0 saturated carbocycles. The van der Waals surface area contributed by atoms with Crippen LogP contribution in [0.25, 0.3) is 0 Å². The molecular weight excluding hydrogens is 341 g/mol. The van der Waals surface area contributed by atoms with Gasteiger partial charge in [0.1, 0.15) is 5.76 Å². The summed E-state index contributed by atoms with van der Waals surface area (Å²) in [5, 5.41) is 3.65. The largest absolute Gasteiger partial charge is 0.463 e. The van der Waals surface area contributed by atoms with E-state index in [1.54, 1.807) is 25.1 Å². The summed E-state index contributed by atoms with van der Waals surface area (Å²) < 4.78 is 10.1. The SMILES string of the molecule is COC(=O)c1ccc(CC2(C)C(=O)Nc3c(Cl)ccc(Cl)c32)o1. The number of hydrogen-bond donors (Lipinski definition) is 1. The summed E-state index contributed by atoms with van der Waals surface area (Å²) in [6.45, 7) is 1.76. The van der Waals surface area contributed by atoms with Gasteiger partial charge >= 0.3 is 5.97 Å². The lowest BCUT2D eigenvalue weighted by Gasteiger charge is -2.22. The molecule has 1 amide bonds. The molecule has 0 saturated heterocycles. The van der Waals surface area contributed by atoms with Gasteiger partial charge < -0.3 is 14.5 Å². The fourth-order valence-corrected chi connectivity index (χ4v) is 3.35. The number of benzene rings is 1. The third kappa shape index (κ3) is 2.50. The molecule has 1 aromatic carbocycles. The number of anilines is 1. The Morgan fingerprint density at radius 1 is 1.26 bits per heavy atom. The van der Waals surface area contributed by atoms with Crippen LogP contribution in [-0.2, 0) is 21.4 Å². The second-order valence-corrected chi connectivity index (χ2v) is 6.31. The van der Waals surface area contributed by atoms with Crippen molar-refractivity contribution in [3.05, 3.63) is 51.4 Å². The zero-order valence-electron chi connectivity index (χ0n) is 12.4. The summed E-state index contributed by atoms with van der Waals surface area (Å²) in [4.78, 5) is 24.0. The van der Waals surface area contributed by atoms with Gasteiger partial charge in [-0.25, -0.2) is 4.79 Å². The van der Waals surface area contributed by atoms with E-state index in [4.69, 9.17) is 27.6 Å². The predicted octanol–water partition coefficient (Wildman–Crippen LogP) is 3.83. The first-order valence-corrected chi connectivity index (χ1v) is 7.59. The minimum absolute atomic E-state index is 0.0851. The van der Waals surface area contributed by atoms with E-state index in [1.807, 2.05) is 0 Å². The maximum Gasteiger partial charge on any atom is 0.373 e. The summed E-state index contributed by atoms with van der Waals surface area (Å²) in [6.07, 6.45) is 0.239. The zero-order chi connectivity index (χ0) is 16.8. The van der Waals surface area contributed by atoms with Crippen molar-refractivity contribution in [3.63, 3.8) is 0 Å². The molecule has 0 spiro atoms. The fourth-order valence-electron chi connectivity index (χ4n) is 2.78. The number of halogens is 2. The summed E-state index contributed by atoms with van der Waals surface area (Å²) in [5.41, 5.74) is 0.210. The Hall–Kier alpha value is -1.98. The number of esters is 1. The number of amides is 1. The molecule has 1 atom stereocenters. The molecule has 5 nitrogen and oxygen atoms in total. The lowest BCUT2D eigenvalue weighted by Crippen LogP contribution is -2.33. The van der Waals surface area contributed by atoms with Gasteiger partial charge in [0.25, 0.3) is 0 Å². The van der Waals surface area contributed by atoms with E-state index in [2.05, 4.69) is 10.1 Å². The Labute approximate surface area is 142 Å². The van der Waals surface area contributed by atoms with E-state index < -0.39 is 11.4 Å². The maximum absolute atomic E-state index is 12.5. The standard InChI is InChI=1S/C16H13Cl2NO4/c1-16(7-8-3-6-11(23-8)14(20)22-2)12-9(17)4-5-10(18)13(12)19-15(16)21/h3-6H,7H2,1-2H3,(H,19,21). The second-order valence-electron chi connectivity index (χ2n) is 5.50. The van der Waals surface area contributed by atoms with Gasteiger partial charge in [0, 0.05) is 17.0 Å². The number of methoxy groups -OCH3 is 1. The topological polar surface area (TPSA) is 68.5 Å². The monoisotopic (exact) mass is 353 g/mol. The van der Waals surface area contributed by atoms with Gasteiger partial charge in [-0.15, -0.1) is 0 Å². The zero-order valence-corrected chi connectivity index (χ0v) is 13.9. The molecule has 1 aromatic heterocycles. The minimum atomic E-state index is -0.942. The lowest BCUT2D eigenvalue weighted by atomic mass is 9.80. The lowest BCUT2D eigenvalue weighted by molar-refractivity contribution is -0.120. The van der Waals surface area contributed by atoms with Crippen LogP contribution in [-0.4, -0.2) is 19.0 Å². The Morgan fingerprint density at radius 2 is 1.96 bits per heavy atom. The Balaban J connectivity index is 2.00. The smallest absolute Gasteiger partial charge is 0.373 e. The van der Waals surface area contributed by atoms with Crippen LogP contribution in [0.4, 0.5) is 5.69 Å². The molecule has 120 valence electrons.